The average Bonchev–Trinajstić information content (AvgIpc) is 3.41. The normalized spacial score (nSPS) is 26.9. The van der Waals surface area contributed by atoms with Gasteiger partial charge >= 0.3 is 6.03 Å². The van der Waals surface area contributed by atoms with E-state index >= 15 is 0 Å². The summed E-state index contributed by atoms with van der Waals surface area (Å²) in [6.07, 6.45) is 7.04. The largest absolute Gasteiger partial charge is 0.396 e. The number of sulfone groups is 1. The maximum atomic E-state index is 14.4. The molecular weight excluding hydrogens is 618 g/mol. The number of fused-ring (bicyclic) bond motifs is 1. The third-order valence-corrected chi connectivity index (χ3v) is 12.8. The summed E-state index contributed by atoms with van der Waals surface area (Å²) in [4.78, 5) is 56.5. The Bertz CT molecular complexity index is 1340. The molecule has 0 spiro atoms. The van der Waals surface area contributed by atoms with Crippen LogP contribution >= 0.6 is 0 Å². The highest BCUT2D eigenvalue weighted by atomic mass is 32.2. The molecule has 3 fully saturated rings. The van der Waals surface area contributed by atoms with E-state index in [1.807, 2.05) is 34.6 Å². The highest BCUT2D eigenvalue weighted by Gasteiger charge is 2.48. The van der Waals surface area contributed by atoms with Crippen molar-refractivity contribution in [3.05, 3.63) is 11.3 Å². The SMILES string of the molecule is CC(C)CCS(=O)(=O)CC1(NC(=O)NC(C(=O)N2CC(C(C)C)C[C@H]2C(=O)NC2CC3CCC3=C(N)C2=O)C(C)(C)C)CCCCC1. The quantitative estimate of drug-likeness (QED) is 0.258. The molecule has 4 aliphatic rings. The summed E-state index contributed by atoms with van der Waals surface area (Å²) in [6.45, 7) is 14.0. The van der Waals surface area contributed by atoms with Crippen LogP contribution in [0.1, 0.15) is 113 Å². The van der Waals surface area contributed by atoms with Gasteiger partial charge in [-0.25, -0.2) is 13.2 Å². The number of urea groups is 1. The molecule has 12 heteroatoms. The van der Waals surface area contributed by atoms with Crippen molar-refractivity contribution < 1.29 is 27.6 Å². The summed E-state index contributed by atoms with van der Waals surface area (Å²) in [5, 5.41) is 8.88. The Morgan fingerprint density at radius 3 is 2.26 bits per heavy atom. The van der Waals surface area contributed by atoms with Gasteiger partial charge in [0.1, 0.15) is 12.1 Å². The number of hydrogen-bond acceptors (Lipinski definition) is 7. The Labute approximate surface area is 281 Å². The zero-order valence-corrected chi connectivity index (χ0v) is 30.4. The van der Waals surface area contributed by atoms with Gasteiger partial charge in [-0.3, -0.25) is 14.4 Å². The zero-order valence-electron chi connectivity index (χ0n) is 29.6. The van der Waals surface area contributed by atoms with Crippen molar-refractivity contribution in [2.24, 2.45) is 34.8 Å². The number of nitrogens with one attached hydrogen (secondary N) is 3. The standard InChI is InChI=1S/C35H59N5O6S/c1-21(2)13-16-47(45,46)20-35(14-9-8-10-15-35)39-33(44)38-30(34(5,6)7)32(43)40-19-24(22(3)4)18-27(40)31(42)37-26-17-23-11-12-25(23)28(36)29(26)41/h21-24,26-27,30H,8-20,36H2,1-7H3,(H,37,42)(H2,38,39,44)/t23?,24?,26?,27-,30?/m0/s1. The molecule has 0 radical (unpaired) electrons. The zero-order chi connectivity index (χ0) is 34.9. The highest BCUT2D eigenvalue weighted by molar-refractivity contribution is 7.91. The Balaban J connectivity index is 1.51. The summed E-state index contributed by atoms with van der Waals surface area (Å²) in [5.41, 5.74) is 5.78. The van der Waals surface area contributed by atoms with Gasteiger partial charge in [0.25, 0.3) is 0 Å². The summed E-state index contributed by atoms with van der Waals surface area (Å²) in [6, 6.07) is -3.06. The number of allylic oxidation sites excluding steroid dienone is 1. The number of nitrogens with zero attached hydrogens (tertiary/aromatic N) is 1. The van der Waals surface area contributed by atoms with Crippen LogP contribution < -0.4 is 21.7 Å². The number of likely N-dealkylation sites (tertiary alicyclic amines) is 1. The van der Waals surface area contributed by atoms with Crippen molar-refractivity contribution in [3.8, 4) is 0 Å². The summed E-state index contributed by atoms with van der Waals surface area (Å²) in [7, 11) is -3.42. The first-order valence-electron chi connectivity index (χ1n) is 17.7. The molecule has 47 heavy (non-hydrogen) atoms. The summed E-state index contributed by atoms with van der Waals surface area (Å²) in [5.74, 6) is -0.301. The fourth-order valence-electron chi connectivity index (χ4n) is 7.75. The number of nitrogens with two attached hydrogens (primary N) is 1. The van der Waals surface area contributed by atoms with Crippen LogP contribution in [0.4, 0.5) is 4.79 Å². The second-order valence-corrected chi connectivity index (χ2v) is 18.8. The number of rotatable bonds is 11. The molecule has 0 aromatic rings. The molecule has 4 rings (SSSR count). The third-order valence-electron chi connectivity index (χ3n) is 11.0. The van der Waals surface area contributed by atoms with Gasteiger partial charge in [0.2, 0.25) is 17.6 Å². The van der Waals surface area contributed by atoms with Crippen molar-refractivity contribution >= 4 is 33.5 Å². The van der Waals surface area contributed by atoms with Crippen LogP contribution in [0.2, 0.25) is 0 Å². The molecule has 11 nitrogen and oxygen atoms in total. The molecule has 266 valence electrons. The lowest BCUT2D eigenvalue weighted by molar-refractivity contribution is -0.142. The van der Waals surface area contributed by atoms with Gasteiger partial charge in [-0.05, 0) is 79.6 Å². The summed E-state index contributed by atoms with van der Waals surface area (Å²) < 4.78 is 26.3. The number of carbonyl (C=O) groups is 4. The third kappa shape index (κ3) is 8.89. The maximum absolute atomic E-state index is 14.4. The molecule has 0 aromatic heterocycles. The van der Waals surface area contributed by atoms with Crippen molar-refractivity contribution in [2.75, 3.05) is 18.1 Å². The van der Waals surface area contributed by atoms with Gasteiger partial charge in [0.15, 0.2) is 9.84 Å². The first-order valence-corrected chi connectivity index (χ1v) is 19.6. The van der Waals surface area contributed by atoms with Gasteiger partial charge in [-0.2, -0.15) is 0 Å². The molecule has 5 atom stereocenters. The molecule has 4 unspecified atom stereocenters. The molecule has 1 saturated heterocycles. The molecule has 0 aromatic carbocycles. The van der Waals surface area contributed by atoms with Crippen LogP contribution in [0.5, 0.6) is 0 Å². The van der Waals surface area contributed by atoms with Crippen LogP contribution in [0, 0.1) is 29.1 Å². The monoisotopic (exact) mass is 677 g/mol. The number of amides is 4. The fraction of sp³-hybridized carbons (Fsp3) is 0.829. The number of hydrogen-bond donors (Lipinski definition) is 4. The predicted molar refractivity (Wildman–Crippen MR) is 183 cm³/mol. The average molecular weight is 678 g/mol. The number of Topliss-reactive ketones (excluding diaryl/α,β-unsaturated/α-hetero) is 1. The van der Waals surface area contributed by atoms with E-state index in [9.17, 15) is 27.6 Å². The molecule has 1 aliphatic heterocycles. The van der Waals surface area contributed by atoms with E-state index in [0.29, 0.717) is 38.6 Å². The molecule has 5 N–H and O–H groups in total. The van der Waals surface area contributed by atoms with E-state index in [-0.39, 0.29) is 58.5 Å². The van der Waals surface area contributed by atoms with E-state index in [4.69, 9.17) is 5.73 Å². The second kappa shape index (κ2) is 14.5. The van der Waals surface area contributed by atoms with E-state index in [0.717, 1.165) is 37.7 Å². The Kier molecular flexibility index (Phi) is 11.4. The van der Waals surface area contributed by atoms with Crippen LogP contribution in [0.15, 0.2) is 11.3 Å². The smallest absolute Gasteiger partial charge is 0.315 e. The first-order chi connectivity index (χ1) is 21.8. The van der Waals surface area contributed by atoms with Gasteiger partial charge in [-0.15, -0.1) is 0 Å². The Morgan fingerprint density at radius 2 is 1.70 bits per heavy atom. The lowest BCUT2D eigenvalue weighted by Crippen LogP contribution is -2.63. The van der Waals surface area contributed by atoms with Crippen LogP contribution in [0.25, 0.3) is 0 Å². The minimum atomic E-state index is -3.42. The second-order valence-electron chi connectivity index (χ2n) is 16.6. The molecule has 4 amide bonds. The van der Waals surface area contributed by atoms with Crippen molar-refractivity contribution in [1.82, 2.24) is 20.9 Å². The van der Waals surface area contributed by atoms with Gasteiger partial charge < -0.3 is 26.6 Å². The summed E-state index contributed by atoms with van der Waals surface area (Å²) >= 11 is 0. The minimum Gasteiger partial charge on any atom is -0.396 e. The van der Waals surface area contributed by atoms with Crippen molar-refractivity contribution in [1.29, 1.82) is 0 Å². The number of ketones is 1. The van der Waals surface area contributed by atoms with Gasteiger partial charge in [0.05, 0.1) is 28.8 Å². The Hall–Kier alpha value is -2.63. The fourth-order valence-corrected chi connectivity index (χ4v) is 9.92. The molecule has 1 heterocycles. The van der Waals surface area contributed by atoms with Gasteiger partial charge in [0, 0.05) is 6.54 Å². The minimum absolute atomic E-state index is 0.0657. The highest BCUT2D eigenvalue weighted by Crippen LogP contribution is 2.42. The van der Waals surface area contributed by atoms with Gasteiger partial charge in [-0.1, -0.05) is 67.7 Å². The topological polar surface area (TPSA) is 168 Å². The lowest BCUT2D eigenvalue weighted by atomic mass is 9.69. The molecular formula is C35H59N5O6S. The Morgan fingerprint density at radius 1 is 1.04 bits per heavy atom. The molecule has 0 bridgehead atoms. The maximum Gasteiger partial charge on any atom is 0.315 e. The van der Waals surface area contributed by atoms with E-state index in [1.54, 1.807) is 4.90 Å². The van der Waals surface area contributed by atoms with Crippen LogP contribution in [-0.2, 0) is 24.2 Å². The molecule has 3 aliphatic carbocycles. The van der Waals surface area contributed by atoms with E-state index < -0.39 is 44.9 Å². The predicted octanol–water partition coefficient (Wildman–Crippen LogP) is 3.82. The first kappa shape index (κ1) is 37.2. The molecule has 2 saturated carbocycles. The van der Waals surface area contributed by atoms with Crippen molar-refractivity contribution in [3.63, 3.8) is 0 Å². The van der Waals surface area contributed by atoms with E-state index in [2.05, 4.69) is 29.8 Å². The number of carbonyl (C=O) groups excluding carboxylic acids is 4. The van der Waals surface area contributed by atoms with Crippen molar-refractivity contribution in [2.45, 2.75) is 136 Å². The lowest BCUT2D eigenvalue weighted by Gasteiger charge is -2.40. The van der Waals surface area contributed by atoms with E-state index in [1.165, 1.54) is 0 Å². The van der Waals surface area contributed by atoms with Crippen LogP contribution in [-0.4, -0.2) is 78.7 Å². The van der Waals surface area contributed by atoms with Crippen LogP contribution in [0.3, 0.4) is 0 Å².